The Hall–Kier alpha value is -3.97. The van der Waals surface area contributed by atoms with Crippen LogP contribution in [0.15, 0.2) is 91.0 Å². The molecule has 0 spiro atoms. The molecule has 0 bridgehead atoms. The van der Waals surface area contributed by atoms with Crippen LogP contribution in [0.5, 0.6) is 0 Å². The van der Waals surface area contributed by atoms with E-state index in [4.69, 9.17) is 4.74 Å². The standard InChI is InChI=1S/C31H34N2O5/c1-20(2)27(29(35)26-25(28(26)34)23-16-10-5-11-17-23)33-30(36)24(18-21-12-6-3-7-13-21)32-31(37)38-19-22-14-8-4-9-15-22/h3-17,20,24-27,29,35H,18-19H2,1-2H3,(H,32,37)(H,33,36)/t24-,25?,26?,27-,29?/m0/s1. The van der Waals surface area contributed by atoms with Crippen molar-refractivity contribution in [2.75, 3.05) is 0 Å². The molecule has 1 fully saturated rings. The predicted molar refractivity (Wildman–Crippen MR) is 144 cm³/mol. The number of nitrogens with one attached hydrogen (secondary N) is 2. The third-order valence-corrected chi connectivity index (χ3v) is 6.91. The predicted octanol–water partition coefficient (Wildman–Crippen LogP) is 4.01. The van der Waals surface area contributed by atoms with Crippen molar-refractivity contribution in [1.82, 2.24) is 10.6 Å². The van der Waals surface area contributed by atoms with Crippen LogP contribution >= 0.6 is 0 Å². The summed E-state index contributed by atoms with van der Waals surface area (Å²) >= 11 is 0. The first-order valence-corrected chi connectivity index (χ1v) is 12.9. The number of rotatable bonds is 11. The highest BCUT2D eigenvalue weighted by Gasteiger charge is 2.56. The highest BCUT2D eigenvalue weighted by atomic mass is 16.5. The van der Waals surface area contributed by atoms with E-state index in [2.05, 4.69) is 10.6 Å². The zero-order valence-electron chi connectivity index (χ0n) is 21.6. The molecule has 1 aliphatic rings. The van der Waals surface area contributed by atoms with Crippen LogP contribution in [0, 0.1) is 11.8 Å². The van der Waals surface area contributed by atoms with Crippen LogP contribution in [0.25, 0.3) is 0 Å². The molecule has 38 heavy (non-hydrogen) atoms. The summed E-state index contributed by atoms with van der Waals surface area (Å²) in [6.45, 7) is 3.84. The monoisotopic (exact) mass is 514 g/mol. The summed E-state index contributed by atoms with van der Waals surface area (Å²) in [7, 11) is 0. The molecule has 0 radical (unpaired) electrons. The summed E-state index contributed by atoms with van der Waals surface area (Å²) in [5.74, 6) is -1.60. The van der Waals surface area contributed by atoms with Crippen LogP contribution in [0.1, 0.15) is 36.5 Å². The smallest absolute Gasteiger partial charge is 0.408 e. The van der Waals surface area contributed by atoms with E-state index in [9.17, 15) is 19.5 Å². The molecule has 3 N–H and O–H groups in total. The number of ketones is 1. The zero-order valence-corrected chi connectivity index (χ0v) is 21.6. The fourth-order valence-corrected chi connectivity index (χ4v) is 4.76. The van der Waals surface area contributed by atoms with Crippen LogP contribution in [-0.2, 0) is 27.4 Å². The Balaban J connectivity index is 1.44. The molecule has 0 aromatic heterocycles. The molecule has 1 saturated carbocycles. The Labute approximate surface area is 223 Å². The fraction of sp³-hybridized carbons (Fsp3) is 0.323. The van der Waals surface area contributed by atoms with E-state index < -0.39 is 36.1 Å². The minimum absolute atomic E-state index is 0.0351. The minimum Gasteiger partial charge on any atom is -0.445 e. The first-order chi connectivity index (χ1) is 18.3. The molecule has 0 saturated heterocycles. The number of Topliss-reactive ketones (excluding diaryl/α,β-unsaturated/α-hetero) is 1. The second-order valence-corrected chi connectivity index (χ2v) is 10.0. The van der Waals surface area contributed by atoms with Crippen molar-refractivity contribution >= 4 is 17.8 Å². The van der Waals surface area contributed by atoms with Crippen LogP contribution in [0.4, 0.5) is 4.79 Å². The van der Waals surface area contributed by atoms with Gasteiger partial charge >= 0.3 is 6.09 Å². The number of aliphatic hydroxyl groups excluding tert-OH is 1. The molecule has 5 atom stereocenters. The average Bonchev–Trinajstić information content (AvgIpc) is 3.61. The number of carbonyl (C=O) groups is 3. The van der Waals surface area contributed by atoms with E-state index in [1.54, 1.807) is 0 Å². The Morgan fingerprint density at radius 2 is 1.39 bits per heavy atom. The van der Waals surface area contributed by atoms with Crippen LogP contribution in [0.3, 0.4) is 0 Å². The zero-order chi connectivity index (χ0) is 27.1. The molecule has 198 valence electrons. The Bertz CT molecular complexity index is 1220. The summed E-state index contributed by atoms with van der Waals surface area (Å²) in [4.78, 5) is 38.7. The molecule has 3 aromatic carbocycles. The van der Waals surface area contributed by atoms with Crippen molar-refractivity contribution in [1.29, 1.82) is 0 Å². The van der Waals surface area contributed by atoms with Gasteiger partial charge < -0.3 is 20.5 Å². The maximum atomic E-state index is 13.5. The summed E-state index contributed by atoms with van der Waals surface area (Å²) in [6.07, 6.45) is -1.53. The highest BCUT2D eigenvalue weighted by Crippen LogP contribution is 2.46. The van der Waals surface area contributed by atoms with E-state index in [1.807, 2.05) is 105 Å². The number of amides is 2. The second-order valence-electron chi connectivity index (χ2n) is 10.0. The van der Waals surface area contributed by atoms with Gasteiger partial charge in [-0.25, -0.2) is 4.79 Å². The first kappa shape index (κ1) is 27.1. The summed E-state index contributed by atoms with van der Waals surface area (Å²) in [5, 5.41) is 16.8. The van der Waals surface area contributed by atoms with Gasteiger partial charge in [0.15, 0.2) is 0 Å². The van der Waals surface area contributed by atoms with E-state index in [0.29, 0.717) is 0 Å². The summed E-state index contributed by atoms with van der Waals surface area (Å²) < 4.78 is 5.35. The largest absolute Gasteiger partial charge is 0.445 e. The molecule has 0 heterocycles. The maximum Gasteiger partial charge on any atom is 0.408 e. The SMILES string of the molecule is CC(C)[C@H](NC(=O)[C@H](Cc1ccccc1)NC(=O)OCc1ccccc1)C(O)C1C(=O)C1c1ccccc1. The van der Waals surface area contributed by atoms with Gasteiger partial charge in [-0.1, -0.05) is 105 Å². The van der Waals surface area contributed by atoms with E-state index >= 15 is 0 Å². The maximum absolute atomic E-state index is 13.5. The number of carbonyl (C=O) groups excluding carboxylic acids is 3. The number of benzene rings is 3. The number of aliphatic hydroxyl groups is 1. The summed E-state index contributed by atoms with van der Waals surface area (Å²) in [6, 6.07) is 26.4. The molecule has 3 unspecified atom stereocenters. The van der Waals surface area contributed by atoms with Crippen LogP contribution in [0.2, 0.25) is 0 Å². The number of alkyl carbamates (subject to hydrolysis) is 1. The van der Waals surface area contributed by atoms with Gasteiger partial charge in [0, 0.05) is 6.42 Å². The lowest BCUT2D eigenvalue weighted by molar-refractivity contribution is -0.125. The topological polar surface area (TPSA) is 105 Å². The van der Waals surface area contributed by atoms with Gasteiger partial charge in [-0.05, 0) is 22.6 Å². The first-order valence-electron chi connectivity index (χ1n) is 12.9. The van der Waals surface area contributed by atoms with Crippen LogP contribution < -0.4 is 10.6 Å². The van der Waals surface area contributed by atoms with Gasteiger partial charge in [0.2, 0.25) is 5.91 Å². The summed E-state index contributed by atoms with van der Waals surface area (Å²) in [5.41, 5.74) is 2.55. The fourth-order valence-electron chi connectivity index (χ4n) is 4.76. The number of ether oxygens (including phenoxy) is 1. The Morgan fingerprint density at radius 1 is 0.842 bits per heavy atom. The van der Waals surface area contributed by atoms with Gasteiger partial charge in [-0.15, -0.1) is 0 Å². The molecular weight excluding hydrogens is 480 g/mol. The van der Waals surface area contributed by atoms with Gasteiger partial charge in [-0.3, -0.25) is 9.59 Å². The average molecular weight is 515 g/mol. The lowest BCUT2D eigenvalue weighted by Crippen LogP contribution is -2.55. The van der Waals surface area contributed by atoms with Crippen molar-refractivity contribution in [3.63, 3.8) is 0 Å². The quantitative estimate of drug-likeness (QED) is 0.359. The molecule has 3 aromatic rings. The molecule has 4 rings (SSSR count). The third kappa shape index (κ3) is 6.86. The molecule has 0 aliphatic heterocycles. The molecule has 1 aliphatic carbocycles. The number of hydrogen-bond donors (Lipinski definition) is 3. The Kier molecular flexibility index (Phi) is 8.92. The Morgan fingerprint density at radius 3 is 1.97 bits per heavy atom. The molecule has 7 nitrogen and oxygen atoms in total. The van der Waals surface area contributed by atoms with Crippen molar-refractivity contribution in [3.05, 3.63) is 108 Å². The second kappa shape index (κ2) is 12.5. The van der Waals surface area contributed by atoms with Crippen molar-refractivity contribution < 1.29 is 24.2 Å². The van der Waals surface area contributed by atoms with Gasteiger partial charge in [-0.2, -0.15) is 0 Å². The lowest BCUT2D eigenvalue weighted by Gasteiger charge is -2.29. The van der Waals surface area contributed by atoms with E-state index in [1.165, 1.54) is 0 Å². The van der Waals surface area contributed by atoms with Crippen molar-refractivity contribution in [3.8, 4) is 0 Å². The minimum atomic E-state index is -1.06. The van der Waals surface area contributed by atoms with E-state index in [0.717, 1.165) is 16.7 Å². The van der Waals surface area contributed by atoms with E-state index in [-0.39, 0.29) is 30.6 Å². The number of hydrogen-bond acceptors (Lipinski definition) is 5. The van der Waals surface area contributed by atoms with Gasteiger partial charge in [0.25, 0.3) is 0 Å². The van der Waals surface area contributed by atoms with Gasteiger partial charge in [0.05, 0.1) is 24.0 Å². The van der Waals surface area contributed by atoms with Crippen molar-refractivity contribution in [2.24, 2.45) is 11.8 Å². The molecule has 7 heteroatoms. The van der Waals surface area contributed by atoms with Crippen molar-refractivity contribution in [2.45, 2.75) is 51.0 Å². The molecule has 2 amide bonds. The lowest BCUT2D eigenvalue weighted by atomic mass is 9.93. The molecular formula is C31H34N2O5. The highest BCUT2D eigenvalue weighted by molar-refractivity contribution is 6.05. The van der Waals surface area contributed by atoms with Crippen LogP contribution in [-0.4, -0.2) is 41.1 Å². The third-order valence-electron chi connectivity index (χ3n) is 6.91. The van der Waals surface area contributed by atoms with Gasteiger partial charge in [0.1, 0.15) is 18.4 Å². The normalized spacial score (nSPS) is 18.8.